The van der Waals surface area contributed by atoms with Gasteiger partial charge in [0, 0.05) is 11.4 Å². The highest BCUT2D eigenvalue weighted by molar-refractivity contribution is 8.00. The predicted molar refractivity (Wildman–Crippen MR) is 113 cm³/mol. The number of hydrogen-bond donors (Lipinski definition) is 1. The second kappa shape index (κ2) is 8.48. The molecule has 3 aromatic rings. The van der Waals surface area contributed by atoms with Crippen molar-refractivity contribution in [1.82, 2.24) is 14.8 Å². The molecule has 1 aromatic heterocycles. The van der Waals surface area contributed by atoms with E-state index in [-0.39, 0.29) is 11.2 Å². The Kier molecular flexibility index (Phi) is 6.04. The Morgan fingerprint density at radius 1 is 1.07 bits per heavy atom. The minimum absolute atomic E-state index is 0.0654. The Balaban J connectivity index is 1.79. The van der Waals surface area contributed by atoms with Crippen LogP contribution in [0.4, 0.5) is 5.69 Å². The molecule has 1 amide bonds. The standard InChI is InChI=1S/C21H24N4O2S/c1-13-7-6-8-14(2)19(13)22-20(26)15(3)28-21-24-23-16(4)25(21)17-9-11-18(27-5)12-10-17/h6-12,15H,1-5H3,(H,22,26)/t15-/m0/s1. The van der Waals surface area contributed by atoms with Gasteiger partial charge in [-0.05, 0) is 63.1 Å². The van der Waals surface area contributed by atoms with Crippen LogP contribution in [0.25, 0.3) is 5.69 Å². The Morgan fingerprint density at radius 3 is 2.32 bits per heavy atom. The smallest absolute Gasteiger partial charge is 0.237 e. The molecule has 7 heteroatoms. The lowest BCUT2D eigenvalue weighted by Gasteiger charge is -2.16. The van der Waals surface area contributed by atoms with Gasteiger partial charge in [-0.25, -0.2) is 0 Å². The van der Waals surface area contributed by atoms with Crippen LogP contribution in [0.1, 0.15) is 23.9 Å². The number of benzene rings is 2. The first-order chi connectivity index (χ1) is 13.4. The quantitative estimate of drug-likeness (QED) is 0.629. The van der Waals surface area contributed by atoms with Crippen LogP contribution in [0.3, 0.4) is 0 Å². The highest BCUT2D eigenvalue weighted by atomic mass is 32.2. The second-order valence-corrected chi connectivity index (χ2v) is 7.89. The summed E-state index contributed by atoms with van der Waals surface area (Å²) in [6.07, 6.45) is 0. The summed E-state index contributed by atoms with van der Waals surface area (Å²) in [6.45, 7) is 7.74. The van der Waals surface area contributed by atoms with Crippen molar-refractivity contribution in [1.29, 1.82) is 0 Å². The number of methoxy groups -OCH3 is 1. The first-order valence-corrected chi connectivity index (χ1v) is 9.89. The van der Waals surface area contributed by atoms with E-state index in [2.05, 4.69) is 15.5 Å². The Morgan fingerprint density at radius 2 is 1.71 bits per heavy atom. The van der Waals surface area contributed by atoms with Gasteiger partial charge in [-0.3, -0.25) is 9.36 Å². The van der Waals surface area contributed by atoms with Gasteiger partial charge < -0.3 is 10.1 Å². The summed E-state index contributed by atoms with van der Waals surface area (Å²) in [7, 11) is 1.64. The number of anilines is 1. The van der Waals surface area contributed by atoms with E-state index in [1.807, 2.05) is 74.7 Å². The summed E-state index contributed by atoms with van der Waals surface area (Å²) in [5.41, 5.74) is 3.88. The average molecular weight is 397 g/mol. The SMILES string of the molecule is COc1ccc(-n2c(C)nnc2S[C@@H](C)C(=O)Nc2c(C)cccc2C)cc1. The van der Waals surface area contributed by atoms with Gasteiger partial charge in [-0.2, -0.15) is 0 Å². The van der Waals surface area contributed by atoms with E-state index < -0.39 is 0 Å². The van der Waals surface area contributed by atoms with Crippen LogP contribution in [-0.4, -0.2) is 33.0 Å². The fourth-order valence-corrected chi connectivity index (χ4v) is 3.81. The van der Waals surface area contributed by atoms with Crippen LogP contribution in [0.15, 0.2) is 47.6 Å². The van der Waals surface area contributed by atoms with Crippen molar-refractivity contribution in [2.75, 3.05) is 12.4 Å². The summed E-state index contributed by atoms with van der Waals surface area (Å²) in [4.78, 5) is 12.8. The van der Waals surface area contributed by atoms with Crippen LogP contribution in [0.2, 0.25) is 0 Å². The van der Waals surface area contributed by atoms with Crippen LogP contribution in [0.5, 0.6) is 5.75 Å². The monoisotopic (exact) mass is 396 g/mol. The lowest BCUT2D eigenvalue weighted by molar-refractivity contribution is -0.115. The van der Waals surface area contributed by atoms with E-state index in [9.17, 15) is 4.79 Å². The molecule has 146 valence electrons. The topological polar surface area (TPSA) is 69.0 Å². The van der Waals surface area contributed by atoms with Gasteiger partial charge >= 0.3 is 0 Å². The highest BCUT2D eigenvalue weighted by Gasteiger charge is 2.21. The maximum absolute atomic E-state index is 12.8. The molecule has 3 rings (SSSR count). The van der Waals surface area contributed by atoms with Crippen molar-refractivity contribution in [2.45, 2.75) is 38.1 Å². The second-order valence-electron chi connectivity index (χ2n) is 6.58. The van der Waals surface area contributed by atoms with Crippen LogP contribution >= 0.6 is 11.8 Å². The number of carbonyl (C=O) groups excluding carboxylic acids is 1. The zero-order valence-corrected chi connectivity index (χ0v) is 17.5. The molecule has 0 radical (unpaired) electrons. The van der Waals surface area contributed by atoms with Crippen molar-refractivity contribution in [3.63, 3.8) is 0 Å². The molecule has 6 nitrogen and oxygen atoms in total. The third-order valence-electron chi connectivity index (χ3n) is 4.51. The van der Waals surface area contributed by atoms with Crippen molar-refractivity contribution >= 4 is 23.4 Å². The zero-order chi connectivity index (χ0) is 20.3. The molecular formula is C21H24N4O2S. The molecule has 0 aliphatic carbocycles. The summed E-state index contributed by atoms with van der Waals surface area (Å²) in [6, 6.07) is 13.6. The fourth-order valence-electron chi connectivity index (χ4n) is 2.90. The molecule has 0 fully saturated rings. The van der Waals surface area contributed by atoms with Gasteiger partial charge in [0.25, 0.3) is 0 Å². The molecule has 0 aliphatic rings. The predicted octanol–water partition coefficient (Wildman–Crippen LogP) is 4.32. The zero-order valence-electron chi connectivity index (χ0n) is 16.7. The molecular weight excluding hydrogens is 372 g/mol. The molecule has 0 aliphatic heterocycles. The van der Waals surface area contributed by atoms with E-state index in [0.717, 1.165) is 34.1 Å². The van der Waals surface area contributed by atoms with Gasteiger partial charge in [0.15, 0.2) is 5.16 Å². The number of amides is 1. The van der Waals surface area contributed by atoms with E-state index in [4.69, 9.17) is 4.74 Å². The number of para-hydroxylation sites is 1. The number of carbonyl (C=O) groups is 1. The van der Waals surface area contributed by atoms with Crippen molar-refractivity contribution < 1.29 is 9.53 Å². The van der Waals surface area contributed by atoms with Gasteiger partial charge in [-0.1, -0.05) is 30.0 Å². The molecule has 1 heterocycles. The molecule has 0 spiro atoms. The van der Waals surface area contributed by atoms with Crippen LogP contribution in [0, 0.1) is 20.8 Å². The Labute approximate surface area is 169 Å². The van der Waals surface area contributed by atoms with Crippen molar-refractivity contribution in [2.24, 2.45) is 0 Å². The third kappa shape index (κ3) is 4.20. The lowest BCUT2D eigenvalue weighted by atomic mass is 10.1. The fraction of sp³-hybridized carbons (Fsp3) is 0.286. The number of nitrogens with zero attached hydrogens (tertiary/aromatic N) is 3. The molecule has 1 N–H and O–H groups in total. The number of thioether (sulfide) groups is 1. The van der Waals surface area contributed by atoms with E-state index in [1.165, 1.54) is 11.8 Å². The number of aromatic nitrogens is 3. The molecule has 28 heavy (non-hydrogen) atoms. The lowest BCUT2D eigenvalue weighted by Crippen LogP contribution is -2.23. The van der Waals surface area contributed by atoms with Gasteiger partial charge in [0.05, 0.1) is 12.4 Å². The molecule has 0 unspecified atom stereocenters. The van der Waals surface area contributed by atoms with E-state index in [0.29, 0.717) is 5.16 Å². The first-order valence-electron chi connectivity index (χ1n) is 9.01. The summed E-state index contributed by atoms with van der Waals surface area (Å²) in [5, 5.41) is 11.8. The first kappa shape index (κ1) is 19.9. The summed E-state index contributed by atoms with van der Waals surface area (Å²) >= 11 is 1.38. The largest absolute Gasteiger partial charge is 0.497 e. The maximum Gasteiger partial charge on any atom is 0.237 e. The minimum atomic E-state index is -0.334. The molecule has 0 bridgehead atoms. The minimum Gasteiger partial charge on any atom is -0.497 e. The normalized spacial score (nSPS) is 11.9. The Bertz CT molecular complexity index is 962. The van der Waals surface area contributed by atoms with Gasteiger partial charge in [-0.15, -0.1) is 10.2 Å². The van der Waals surface area contributed by atoms with Gasteiger partial charge in [0.1, 0.15) is 11.6 Å². The van der Waals surface area contributed by atoms with Crippen LogP contribution in [-0.2, 0) is 4.79 Å². The number of hydrogen-bond acceptors (Lipinski definition) is 5. The van der Waals surface area contributed by atoms with Crippen molar-refractivity contribution in [3.05, 3.63) is 59.4 Å². The highest BCUT2D eigenvalue weighted by Crippen LogP contribution is 2.28. The molecule has 2 aromatic carbocycles. The van der Waals surface area contributed by atoms with E-state index in [1.54, 1.807) is 7.11 Å². The number of ether oxygens (including phenoxy) is 1. The van der Waals surface area contributed by atoms with Crippen LogP contribution < -0.4 is 10.1 Å². The Hall–Kier alpha value is -2.80. The third-order valence-corrected chi connectivity index (χ3v) is 5.55. The van der Waals surface area contributed by atoms with E-state index >= 15 is 0 Å². The molecule has 0 saturated heterocycles. The maximum atomic E-state index is 12.8. The molecule has 0 saturated carbocycles. The number of nitrogens with one attached hydrogen (secondary N) is 1. The summed E-state index contributed by atoms with van der Waals surface area (Å²) in [5.74, 6) is 1.48. The number of rotatable bonds is 6. The van der Waals surface area contributed by atoms with Gasteiger partial charge in [0.2, 0.25) is 5.91 Å². The van der Waals surface area contributed by atoms with Crippen molar-refractivity contribution in [3.8, 4) is 11.4 Å². The average Bonchev–Trinajstić information content (AvgIpc) is 3.04. The number of aryl methyl sites for hydroxylation is 3. The molecule has 1 atom stereocenters. The summed E-state index contributed by atoms with van der Waals surface area (Å²) < 4.78 is 7.16.